The van der Waals surface area contributed by atoms with Gasteiger partial charge < -0.3 is 14.6 Å². The average molecular weight is 378 g/mol. The number of Topliss-reactive ketones (excluding diaryl/α,β-unsaturated/α-hetero) is 1. The molecule has 1 heterocycles. The summed E-state index contributed by atoms with van der Waals surface area (Å²) in [6, 6.07) is 14.5. The van der Waals surface area contributed by atoms with Crippen LogP contribution in [0.25, 0.3) is 0 Å². The van der Waals surface area contributed by atoms with Gasteiger partial charge in [-0.2, -0.15) is 0 Å². The average Bonchev–Trinajstić information content (AvgIpc) is 3.07. The Morgan fingerprint density at radius 1 is 1.07 bits per heavy atom. The fourth-order valence-electron chi connectivity index (χ4n) is 2.69. The molecule has 0 unspecified atom stereocenters. The molecular formula is C22H22N2O4. The molecule has 0 aliphatic heterocycles. The molecule has 0 radical (unpaired) electrons. The highest BCUT2D eigenvalue weighted by atomic mass is 16.5. The van der Waals surface area contributed by atoms with Crippen molar-refractivity contribution in [2.24, 2.45) is 0 Å². The van der Waals surface area contributed by atoms with Gasteiger partial charge in [0.15, 0.2) is 11.5 Å². The number of nitrogens with one attached hydrogen (secondary N) is 1. The van der Waals surface area contributed by atoms with E-state index in [1.807, 2.05) is 24.3 Å². The van der Waals surface area contributed by atoms with Gasteiger partial charge in [-0.05, 0) is 62.2 Å². The number of rotatable bonds is 7. The summed E-state index contributed by atoms with van der Waals surface area (Å²) in [5.74, 6) is 0.815. The Hall–Kier alpha value is -3.41. The van der Waals surface area contributed by atoms with E-state index >= 15 is 0 Å². The van der Waals surface area contributed by atoms with Gasteiger partial charge in [-0.25, -0.2) is 0 Å². The van der Waals surface area contributed by atoms with Crippen LogP contribution < -0.4 is 10.1 Å². The number of benzene rings is 2. The molecule has 0 atom stereocenters. The van der Waals surface area contributed by atoms with Crippen LogP contribution in [0, 0.1) is 6.92 Å². The first-order chi connectivity index (χ1) is 13.5. The van der Waals surface area contributed by atoms with E-state index < -0.39 is 5.91 Å². The van der Waals surface area contributed by atoms with Crippen molar-refractivity contribution in [3.05, 3.63) is 76.7 Å². The maximum absolute atomic E-state index is 12.6. The zero-order chi connectivity index (χ0) is 20.1. The summed E-state index contributed by atoms with van der Waals surface area (Å²) < 4.78 is 11.0. The Kier molecular flexibility index (Phi) is 5.89. The van der Waals surface area contributed by atoms with Crippen LogP contribution in [0.15, 0.2) is 53.1 Å². The highest BCUT2D eigenvalue weighted by molar-refractivity contribution is 6.04. The molecule has 1 amide bonds. The Balaban J connectivity index is 1.70. The molecular weight excluding hydrogens is 356 g/mol. The third kappa shape index (κ3) is 4.46. The van der Waals surface area contributed by atoms with E-state index in [9.17, 15) is 9.59 Å². The van der Waals surface area contributed by atoms with E-state index in [-0.39, 0.29) is 18.1 Å². The molecule has 6 heteroatoms. The summed E-state index contributed by atoms with van der Waals surface area (Å²) in [4.78, 5) is 24.0. The molecule has 6 nitrogen and oxygen atoms in total. The van der Waals surface area contributed by atoms with Crippen LogP contribution in [0.2, 0.25) is 0 Å². The van der Waals surface area contributed by atoms with Gasteiger partial charge in [-0.1, -0.05) is 24.2 Å². The largest absolute Gasteiger partial charge is 0.489 e. The SMILES string of the molecule is CCc1ccc(OCc2c(C(=O)Nc3ccc(C(C)=O)cc3)noc2C)cc1. The molecule has 0 saturated carbocycles. The number of aromatic nitrogens is 1. The standard InChI is InChI=1S/C22H22N2O4/c1-4-16-5-11-19(12-6-16)27-13-20-15(3)28-24-21(20)22(26)23-18-9-7-17(8-10-18)14(2)25/h5-12H,4,13H2,1-3H3,(H,23,26). The first kappa shape index (κ1) is 19.4. The minimum atomic E-state index is -0.396. The van der Waals surface area contributed by atoms with Gasteiger partial charge in [0.2, 0.25) is 0 Å². The summed E-state index contributed by atoms with van der Waals surface area (Å²) in [7, 11) is 0. The van der Waals surface area contributed by atoms with Crippen LogP contribution in [0.4, 0.5) is 5.69 Å². The van der Waals surface area contributed by atoms with E-state index in [0.29, 0.717) is 28.3 Å². The lowest BCUT2D eigenvalue weighted by atomic mass is 10.1. The van der Waals surface area contributed by atoms with Gasteiger partial charge in [0.1, 0.15) is 18.1 Å². The van der Waals surface area contributed by atoms with Gasteiger partial charge in [0.25, 0.3) is 5.91 Å². The number of carbonyl (C=O) groups excluding carboxylic acids is 2. The van der Waals surface area contributed by atoms with Crippen molar-refractivity contribution in [1.82, 2.24) is 5.16 Å². The van der Waals surface area contributed by atoms with Crippen LogP contribution in [-0.2, 0) is 13.0 Å². The van der Waals surface area contributed by atoms with E-state index in [2.05, 4.69) is 17.4 Å². The molecule has 2 aromatic carbocycles. The predicted octanol–water partition coefficient (Wildman–Crippen LogP) is 4.58. The third-order valence-corrected chi connectivity index (χ3v) is 4.46. The van der Waals surface area contributed by atoms with Gasteiger partial charge >= 0.3 is 0 Å². The normalized spacial score (nSPS) is 10.5. The minimum Gasteiger partial charge on any atom is -0.489 e. The Morgan fingerprint density at radius 3 is 2.36 bits per heavy atom. The lowest BCUT2D eigenvalue weighted by Crippen LogP contribution is -2.15. The summed E-state index contributed by atoms with van der Waals surface area (Å²) in [5.41, 5.74) is 3.15. The quantitative estimate of drug-likeness (QED) is 0.609. The van der Waals surface area contributed by atoms with Crippen molar-refractivity contribution < 1.29 is 18.8 Å². The highest BCUT2D eigenvalue weighted by Crippen LogP contribution is 2.20. The van der Waals surface area contributed by atoms with Crippen molar-refractivity contribution in [1.29, 1.82) is 0 Å². The predicted molar refractivity (Wildman–Crippen MR) is 106 cm³/mol. The molecule has 28 heavy (non-hydrogen) atoms. The number of ether oxygens (including phenoxy) is 1. The number of anilines is 1. The summed E-state index contributed by atoms with van der Waals surface area (Å²) in [6.45, 7) is 5.50. The number of amides is 1. The molecule has 0 bridgehead atoms. The topological polar surface area (TPSA) is 81.4 Å². The Bertz CT molecular complexity index is 973. The van der Waals surface area contributed by atoms with Gasteiger partial charge in [-0.3, -0.25) is 9.59 Å². The van der Waals surface area contributed by atoms with Crippen molar-refractivity contribution in [3.8, 4) is 5.75 Å². The zero-order valence-electron chi connectivity index (χ0n) is 16.1. The maximum atomic E-state index is 12.6. The molecule has 3 aromatic rings. The maximum Gasteiger partial charge on any atom is 0.278 e. The molecule has 144 valence electrons. The number of nitrogens with zero attached hydrogens (tertiary/aromatic N) is 1. The van der Waals surface area contributed by atoms with Crippen LogP contribution in [0.1, 0.15) is 51.6 Å². The number of carbonyl (C=O) groups is 2. The first-order valence-corrected chi connectivity index (χ1v) is 9.07. The van der Waals surface area contributed by atoms with E-state index in [4.69, 9.17) is 9.26 Å². The van der Waals surface area contributed by atoms with Crippen molar-refractivity contribution in [2.45, 2.75) is 33.8 Å². The fraction of sp³-hybridized carbons (Fsp3) is 0.227. The van der Waals surface area contributed by atoms with Crippen LogP contribution in [0.5, 0.6) is 5.75 Å². The molecule has 0 fully saturated rings. The van der Waals surface area contributed by atoms with Crippen LogP contribution in [0.3, 0.4) is 0 Å². The molecule has 0 aliphatic carbocycles. The number of ketones is 1. The van der Waals surface area contributed by atoms with Crippen LogP contribution >= 0.6 is 0 Å². The van der Waals surface area contributed by atoms with Gasteiger partial charge in [-0.15, -0.1) is 0 Å². The fourth-order valence-corrected chi connectivity index (χ4v) is 2.69. The molecule has 1 aromatic heterocycles. The van der Waals surface area contributed by atoms with Gasteiger partial charge in [0.05, 0.1) is 5.56 Å². The first-order valence-electron chi connectivity index (χ1n) is 9.07. The second-order valence-corrected chi connectivity index (χ2v) is 6.44. The lowest BCUT2D eigenvalue weighted by molar-refractivity contribution is 0.101. The van der Waals surface area contributed by atoms with Crippen molar-refractivity contribution >= 4 is 17.4 Å². The third-order valence-electron chi connectivity index (χ3n) is 4.46. The molecule has 0 saturated heterocycles. The lowest BCUT2D eigenvalue weighted by Gasteiger charge is -2.08. The summed E-state index contributed by atoms with van der Waals surface area (Å²) >= 11 is 0. The van der Waals surface area contributed by atoms with E-state index in [0.717, 1.165) is 6.42 Å². The molecule has 0 spiro atoms. The summed E-state index contributed by atoms with van der Waals surface area (Å²) in [5, 5.41) is 6.64. The smallest absolute Gasteiger partial charge is 0.278 e. The van der Waals surface area contributed by atoms with Crippen molar-refractivity contribution in [3.63, 3.8) is 0 Å². The van der Waals surface area contributed by atoms with E-state index in [1.165, 1.54) is 12.5 Å². The minimum absolute atomic E-state index is 0.0311. The molecule has 1 N–H and O–H groups in total. The highest BCUT2D eigenvalue weighted by Gasteiger charge is 2.20. The Labute approximate surface area is 163 Å². The number of hydrogen-bond acceptors (Lipinski definition) is 5. The number of hydrogen-bond donors (Lipinski definition) is 1. The second-order valence-electron chi connectivity index (χ2n) is 6.44. The Morgan fingerprint density at radius 2 is 1.75 bits per heavy atom. The monoisotopic (exact) mass is 378 g/mol. The second kappa shape index (κ2) is 8.52. The van der Waals surface area contributed by atoms with Crippen molar-refractivity contribution in [2.75, 3.05) is 5.32 Å². The number of aryl methyl sites for hydroxylation is 2. The molecule has 3 rings (SSSR count). The zero-order valence-corrected chi connectivity index (χ0v) is 16.1. The van der Waals surface area contributed by atoms with Gasteiger partial charge in [0, 0.05) is 11.3 Å². The molecule has 0 aliphatic rings. The van der Waals surface area contributed by atoms with Crippen LogP contribution in [-0.4, -0.2) is 16.8 Å². The summed E-state index contributed by atoms with van der Waals surface area (Å²) in [6.07, 6.45) is 0.961. The van der Waals surface area contributed by atoms with E-state index in [1.54, 1.807) is 31.2 Å².